The summed E-state index contributed by atoms with van der Waals surface area (Å²) in [6.07, 6.45) is 2.24. The van der Waals surface area contributed by atoms with Crippen LogP contribution in [0.25, 0.3) is 0 Å². The van der Waals surface area contributed by atoms with Crippen molar-refractivity contribution in [3.05, 3.63) is 35.4 Å². The maximum absolute atomic E-state index is 12.5. The van der Waals surface area contributed by atoms with Crippen LogP contribution in [0.5, 0.6) is 0 Å². The van der Waals surface area contributed by atoms with Gasteiger partial charge < -0.3 is 10.1 Å². The number of carbonyl (C=O) groups is 1. The number of rotatable bonds is 5. The molecule has 0 saturated carbocycles. The summed E-state index contributed by atoms with van der Waals surface area (Å²) in [6.45, 7) is 8.31. The van der Waals surface area contributed by atoms with E-state index in [9.17, 15) is 4.79 Å². The van der Waals surface area contributed by atoms with Crippen LogP contribution >= 0.6 is 15.9 Å². The summed E-state index contributed by atoms with van der Waals surface area (Å²) < 4.78 is 5.89. The second kappa shape index (κ2) is 7.60. The molecular weight excluding hydrogens is 342 g/mol. The van der Waals surface area contributed by atoms with Gasteiger partial charge in [-0.3, -0.25) is 4.79 Å². The second-order valence-electron chi connectivity index (χ2n) is 6.76. The van der Waals surface area contributed by atoms with Crippen LogP contribution < -0.4 is 5.32 Å². The minimum Gasteiger partial charge on any atom is -0.459 e. The third-order valence-corrected chi connectivity index (χ3v) is 5.42. The van der Waals surface area contributed by atoms with Crippen LogP contribution in [-0.4, -0.2) is 24.7 Å². The molecule has 4 heteroatoms. The second-order valence-corrected chi connectivity index (χ2v) is 7.32. The molecule has 2 rings (SSSR count). The number of piperidine rings is 1. The van der Waals surface area contributed by atoms with E-state index in [1.54, 1.807) is 0 Å². The fourth-order valence-electron chi connectivity index (χ4n) is 3.08. The van der Waals surface area contributed by atoms with Gasteiger partial charge in [0.1, 0.15) is 5.60 Å². The molecule has 1 fully saturated rings. The monoisotopic (exact) mass is 368 g/mol. The summed E-state index contributed by atoms with van der Waals surface area (Å²) in [6, 6.07) is 8.14. The maximum atomic E-state index is 12.5. The molecule has 1 aromatic rings. The number of esters is 1. The Morgan fingerprint density at radius 2 is 1.91 bits per heavy atom. The Morgan fingerprint density at radius 1 is 1.32 bits per heavy atom. The van der Waals surface area contributed by atoms with E-state index in [0.717, 1.165) is 36.8 Å². The zero-order valence-electron chi connectivity index (χ0n) is 13.8. The fourth-order valence-corrected chi connectivity index (χ4v) is 3.46. The minimum absolute atomic E-state index is 0.119. The van der Waals surface area contributed by atoms with E-state index in [0.29, 0.717) is 5.92 Å². The van der Waals surface area contributed by atoms with E-state index in [2.05, 4.69) is 47.2 Å². The first-order chi connectivity index (χ1) is 10.4. The molecule has 122 valence electrons. The van der Waals surface area contributed by atoms with Crippen molar-refractivity contribution in [2.24, 2.45) is 5.92 Å². The summed E-state index contributed by atoms with van der Waals surface area (Å²) in [5.74, 6) is 0.120. The molecule has 0 bridgehead atoms. The van der Waals surface area contributed by atoms with Crippen molar-refractivity contribution in [1.29, 1.82) is 0 Å². The molecule has 1 atom stereocenters. The van der Waals surface area contributed by atoms with E-state index in [-0.39, 0.29) is 17.5 Å². The summed E-state index contributed by atoms with van der Waals surface area (Å²) in [7, 11) is 0. The normalized spacial score (nSPS) is 18.0. The zero-order chi connectivity index (χ0) is 16.2. The third-order valence-electron chi connectivity index (χ3n) is 4.77. The van der Waals surface area contributed by atoms with Crippen LogP contribution in [-0.2, 0) is 14.9 Å². The maximum Gasteiger partial charge on any atom is 0.313 e. The van der Waals surface area contributed by atoms with Gasteiger partial charge in [-0.15, -0.1) is 0 Å². The smallest absolute Gasteiger partial charge is 0.313 e. The SMILES string of the molecule is CC(C(=O)OC(C)(C)C1CC[NH2+]CC1)c1ccc(CBr)cc1. The van der Waals surface area contributed by atoms with E-state index in [1.807, 2.05) is 19.1 Å². The van der Waals surface area contributed by atoms with Crippen molar-refractivity contribution in [3.8, 4) is 0 Å². The lowest BCUT2D eigenvalue weighted by atomic mass is 9.83. The topological polar surface area (TPSA) is 42.9 Å². The van der Waals surface area contributed by atoms with Gasteiger partial charge in [-0.2, -0.15) is 0 Å². The number of hydrogen-bond acceptors (Lipinski definition) is 2. The number of hydrogen-bond donors (Lipinski definition) is 1. The predicted molar refractivity (Wildman–Crippen MR) is 92.0 cm³/mol. The molecule has 0 aliphatic carbocycles. The van der Waals surface area contributed by atoms with Crippen LogP contribution in [0.15, 0.2) is 24.3 Å². The Hall–Kier alpha value is -0.870. The predicted octanol–water partition coefficient (Wildman–Crippen LogP) is 2.98. The molecule has 0 amide bonds. The highest BCUT2D eigenvalue weighted by atomic mass is 79.9. The molecule has 1 saturated heterocycles. The first kappa shape index (κ1) is 17.5. The van der Waals surface area contributed by atoms with Gasteiger partial charge in [0, 0.05) is 24.1 Å². The number of benzene rings is 1. The molecule has 22 heavy (non-hydrogen) atoms. The number of alkyl halides is 1. The molecule has 1 aliphatic heterocycles. The van der Waals surface area contributed by atoms with E-state index in [4.69, 9.17) is 4.74 Å². The molecule has 0 spiro atoms. The number of quaternary nitrogens is 1. The van der Waals surface area contributed by atoms with Crippen LogP contribution in [0.2, 0.25) is 0 Å². The summed E-state index contributed by atoms with van der Waals surface area (Å²) >= 11 is 3.44. The standard InChI is InChI=1S/C18H26BrNO2/c1-13(15-6-4-14(12-19)5-7-15)17(21)22-18(2,3)16-8-10-20-11-9-16/h4-7,13,16,20H,8-12H2,1-3H3/p+1. The molecule has 3 nitrogen and oxygen atoms in total. The van der Waals surface area contributed by atoms with Gasteiger partial charge in [0.25, 0.3) is 0 Å². The van der Waals surface area contributed by atoms with Crippen LogP contribution in [0.1, 0.15) is 50.7 Å². The van der Waals surface area contributed by atoms with Gasteiger partial charge in [-0.05, 0) is 31.9 Å². The Labute approximate surface area is 141 Å². The lowest BCUT2D eigenvalue weighted by Crippen LogP contribution is -2.86. The van der Waals surface area contributed by atoms with E-state index >= 15 is 0 Å². The van der Waals surface area contributed by atoms with E-state index in [1.165, 1.54) is 5.56 Å². The van der Waals surface area contributed by atoms with Gasteiger partial charge in [0.2, 0.25) is 0 Å². The molecule has 0 radical (unpaired) electrons. The molecule has 1 heterocycles. The molecule has 0 aromatic heterocycles. The number of carbonyl (C=O) groups excluding carboxylic acids is 1. The fraction of sp³-hybridized carbons (Fsp3) is 0.611. The Balaban J connectivity index is 2.00. The van der Waals surface area contributed by atoms with Crippen LogP contribution in [0.3, 0.4) is 0 Å². The molecule has 1 aliphatic rings. The van der Waals surface area contributed by atoms with Crippen molar-refractivity contribution >= 4 is 21.9 Å². The highest BCUT2D eigenvalue weighted by Crippen LogP contribution is 2.30. The summed E-state index contributed by atoms with van der Waals surface area (Å²) in [5.41, 5.74) is 1.85. The highest BCUT2D eigenvalue weighted by Gasteiger charge is 2.36. The highest BCUT2D eigenvalue weighted by molar-refractivity contribution is 9.08. The largest absolute Gasteiger partial charge is 0.459 e. The molecule has 1 aromatic carbocycles. The first-order valence-corrected chi connectivity index (χ1v) is 9.25. The number of ether oxygens (including phenoxy) is 1. The van der Waals surface area contributed by atoms with Gasteiger partial charge >= 0.3 is 5.97 Å². The zero-order valence-corrected chi connectivity index (χ0v) is 15.4. The van der Waals surface area contributed by atoms with Gasteiger partial charge in [0.15, 0.2) is 0 Å². The average Bonchev–Trinajstić information content (AvgIpc) is 2.54. The summed E-state index contributed by atoms with van der Waals surface area (Å²) in [5, 5.41) is 3.17. The van der Waals surface area contributed by atoms with Crippen LogP contribution in [0.4, 0.5) is 0 Å². The number of nitrogens with two attached hydrogens (primary N) is 1. The van der Waals surface area contributed by atoms with Gasteiger partial charge in [-0.25, -0.2) is 0 Å². The minimum atomic E-state index is -0.380. The lowest BCUT2D eigenvalue weighted by molar-refractivity contribution is -0.665. The molecule has 1 unspecified atom stereocenters. The van der Waals surface area contributed by atoms with Crippen molar-refractivity contribution in [1.82, 2.24) is 0 Å². The first-order valence-electron chi connectivity index (χ1n) is 8.13. The summed E-state index contributed by atoms with van der Waals surface area (Å²) in [4.78, 5) is 12.5. The Bertz CT molecular complexity index is 492. The molecule has 2 N–H and O–H groups in total. The molecular formula is C18H27BrNO2+. The van der Waals surface area contributed by atoms with Gasteiger partial charge in [-0.1, -0.05) is 40.2 Å². The third kappa shape index (κ3) is 4.32. The van der Waals surface area contributed by atoms with Crippen molar-refractivity contribution in [3.63, 3.8) is 0 Å². The number of halogens is 1. The lowest BCUT2D eigenvalue weighted by Gasteiger charge is -2.36. The van der Waals surface area contributed by atoms with Crippen molar-refractivity contribution in [2.45, 2.75) is 50.5 Å². The Morgan fingerprint density at radius 3 is 2.45 bits per heavy atom. The average molecular weight is 369 g/mol. The Kier molecular flexibility index (Phi) is 6.04. The van der Waals surface area contributed by atoms with Crippen LogP contribution in [0, 0.1) is 5.92 Å². The van der Waals surface area contributed by atoms with Gasteiger partial charge in [0.05, 0.1) is 19.0 Å². The van der Waals surface area contributed by atoms with Crippen molar-refractivity contribution in [2.75, 3.05) is 13.1 Å². The quantitative estimate of drug-likeness (QED) is 0.641. The van der Waals surface area contributed by atoms with E-state index < -0.39 is 0 Å². The van der Waals surface area contributed by atoms with Crippen molar-refractivity contribution < 1.29 is 14.8 Å².